The summed E-state index contributed by atoms with van der Waals surface area (Å²) in [5.74, 6) is 1.21. The standard InChI is InChI=1S/C14H19Cl2N/c1-10-5-4-8-17(11(10)2)14-7-3-6-13(16)12(14)9-15/h3,6-7,10-11H,4-5,8-9H2,1-2H3. The van der Waals surface area contributed by atoms with E-state index in [4.69, 9.17) is 23.2 Å². The zero-order chi connectivity index (χ0) is 12.4. The van der Waals surface area contributed by atoms with Crippen LogP contribution < -0.4 is 4.90 Å². The van der Waals surface area contributed by atoms with Crippen molar-refractivity contribution in [2.45, 2.75) is 38.6 Å². The van der Waals surface area contributed by atoms with E-state index in [1.807, 2.05) is 12.1 Å². The van der Waals surface area contributed by atoms with Crippen molar-refractivity contribution in [3.05, 3.63) is 28.8 Å². The summed E-state index contributed by atoms with van der Waals surface area (Å²) in [5.41, 5.74) is 2.28. The van der Waals surface area contributed by atoms with Gasteiger partial charge in [0.2, 0.25) is 0 Å². The summed E-state index contributed by atoms with van der Waals surface area (Å²) in [6.45, 7) is 5.72. The number of alkyl halides is 1. The minimum Gasteiger partial charge on any atom is -0.368 e. The minimum absolute atomic E-state index is 0.479. The van der Waals surface area contributed by atoms with E-state index in [0.717, 1.165) is 23.0 Å². The van der Waals surface area contributed by atoms with Gasteiger partial charge in [-0.1, -0.05) is 24.6 Å². The van der Waals surface area contributed by atoms with E-state index in [2.05, 4.69) is 24.8 Å². The molecule has 1 aromatic carbocycles. The first-order valence-corrected chi connectivity index (χ1v) is 7.16. The quantitative estimate of drug-likeness (QED) is 0.705. The Hall–Kier alpha value is -0.400. The van der Waals surface area contributed by atoms with Gasteiger partial charge < -0.3 is 4.90 Å². The summed E-state index contributed by atoms with van der Waals surface area (Å²) in [5, 5.41) is 0.780. The molecule has 2 rings (SSSR count). The molecular weight excluding hydrogens is 253 g/mol. The molecule has 0 saturated carbocycles. The molecule has 0 aliphatic carbocycles. The zero-order valence-electron chi connectivity index (χ0n) is 10.4. The monoisotopic (exact) mass is 271 g/mol. The lowest BCUT2D eigenvalue weighted by molar-refractivity contribution is 0.363. The van der Waals surface area contributed by atoms with Crippen LogP contribution in [0.4, 0.5) is 5.69 Å². The molecule has 0 N–H and O–H groups in total. The number of rotatable bonds is 2. The van der Waals surface area contributed by atoms with Crippen molar-refractivity contribution in [1.82, 2.24) is 0 Å². The van der Waals surface area contributed by atoms with Gasteiger partial charge in [-0.2, -0.15) is 0 Å². The van der Waals surface area contributed by atoms with Crippen LogP contribution in [0.2, 0.25) is 5.02 Å². The van der Waals surface area contributed by atoms with E-state index < -0.39 is 0 Å². The van der Waals surface area contributed by atoms with Gasteiger partial charge in [-0.3, -0.25) is 0 Å². The smallest absolute Gasteiger partial charge is 0.0509 e. The second-order valence-corrected chi connectivity index (χ2v) is 5.60. The van der Waals surface area contributed by atoms with E-state index in [1.165, 1.54) is 18.5 Å². The van der Waals surface area contributed by atoms with Crippen LogP contribution >= 0.6 is 23.2 Å². The van der Waals surface area contributed by atoms with Crippen LogP contribution in [0.25, 0.3) is 0 Å². The molecule has 17 heavy (non-hydrogen) atoms. The lowest BCUT2D eigenvalue weighted by Crippen LogP contribution is -2.42. The lowest BCUT2D eigenvalue weighted by Gasteiger charge is -2.40. The van der Waals surface area contributed by atoms with Gasteiger partial charge in [0.05, 0.1) is 5.88 Å². The Morgan fingerprint density at radius 1 is 1.35 bits per heavy atom. The SMILES string of the molecule is CC1CCCN(c2cccc(Cl)c2CCl)C1C. The Kier molecular flexibility index (Phi) is 4.22. The van der Waals surface area contributed by atoms with E-state index in [0.29, 0.717) is 11.9 Å². The molecule has 1 aliphatic rings. The number of hydrogen-bond donors (Lipinski definition) is 0. The molecule has 1 aliphatic heterocycles. The van der Waals surface area contributed by atoms with Gasteiger partial charge >= 0.3 is 0 Å². The third-order valence-electron chi connectivity index (χ3n) is 3.91. The van der Waals surface area contributed by atoms with E-state index in [9.17, 15) is 0 Å². The molecule has 1 nitrogen and oxygen atoms in total. The van der Waals surface area contributed by atoms with Crippen molar-refractivity contribution < 1.29 is 0 Å². The summed E-state index contributed by atoms with van der Waals surface area (Å²) < 4.78 is 0. The lowest BCUT2D eigenvalue weighted by atomic mass is 9.91. The van der Waals surface area contributed by atoms with E-state index in [1.54, 1.807) is 0 Å². The molecule has 0 amide bonds. The zero-order valence-corrected chi connectivity index (χ0v) is 11.9. The Balaban J connectivity index is 2.35. The van der Waals surface area contributed by atoms with Crippen LogP contribution in [0, 0.1) is 5.92 Å². The van der Waals surface area contributed by atoms with Crippen LogP contribution in [0.1, 0.15) is 32.3 Å². The predicted octanol–water partition coefficient (Wildman–Crippen LogP) is 4.70. The van der Waals surface area contributed by atoms with Crippen molar-refractivity contribution in [1.29, 1.82) is 0 Å². The Morgan fingerprint density at radius 2 is 2.12 bits per heavy atom. The number of halogens is 2. The maximum Gasteiger partial charge on any atom is 0.0509 e. The Morgan fingerprint density at radius 3 is 2.82 bits per heavy atom. The third-order valence-corrected chi connectivity index (χ3v) is 4.53. The molecule has 2 atom stereocenters. The van der Waals surface area contributed by atoms with Crippen LogP contribution in [0.5, 0.6) is 0 Å². The molecule has 1 heterocycles. The highest BCUT2D eigenvalue weighted by atomic mass is 35.5. The first kappa shape index (κ1) is 13.0. The molecule has 1 fully saturated rings. The van der Waals surface area contributed by atoms with Gasteiger partial charge in [-0.05, 0) is 37.8 Å². The fourth-order valence-corrected chi connectivity index (χ4v) is 3.21. The van der Waals surface area contributed by atoms with Gasteiger partial charge in [0.15, 0.2) is 0 Å². The maximum absolute atomic E-state index is 6.22. The molecule has 1 aromatic rings. The van der Waals surface area contributed by atoms with Crippen molar-refractivity contribution in [3.63, 3.8) is 0 Å². The van der Waals surface area contributed by atoms with Crippen molar-refractivity contribution in [3.8, 4) is 0 Å². The first-order chi connectivity index (χ1) is 8.15. The number of hydrogen-bond acceptors (Lipinski definition) is 1. The summed E-state index contributed by atoms with van der Waals surface area (Å²) in [4.78, 5) is 2.46. The molecule has 94 valence electrons. The fraction of sp³-hybridized carbons (Fsp3) is 0.571. The summed E-state index contributed by atoms with van der Waals surface area (Å²) in [7, 11) is 0. The van der Waals surface area contributed by atoms with Gasteiger partial charge in [0.25, 0.3) is 0 Å². The summed E-state index contributed by atoms with van der Waals surface area (Å²) >= 11 is 12.3. The van der Waals surface area contributed by atoms with Gasteiger partial charge in [0.1, 0.15) is 0 Å². The molecule has 0 aromatic heterocycles. The highest BCUT2D eigenvalue weighted by Gasteiger charge is 2.26. The van der Waals surface area contributed by atoms with Crippen molar-refractivity contribution in [2.24, 2.45) is 5.92 Å². The Labute approximate surface area is 114 Å². The molecule has 0 spiro atoms. The highest BCUT2D eigenvalue weighted by molar-refractivity contribution is 6.32. The van der Waals surface area contributed by atoms with Gasteiger partial charge in [0, 0.05) is 28.9 Å². The topological polar surface area (TPSA) is 3.24 Å². The van der Waals surface area contributed by atoms with E-state index in [-0.39, 0.29) is 0 Å². The normalized spacial score (nSPS) is 25.1. The Bertz CT molecular complexity index is 392. The molecular formula is C14H19Cl2N. The third kappa shape index (κ3) is 2.56. The number of nitrogens with zero attached hydrogens (tertiary/aromatic N) is 1. The number of piperidine rings is 1. The van der Waals surface area contributed by atoms with Crippen LogP contribution in [0.3, 0.4) is 0 Å². The molecule has 1 saturated heterocycles. The number of benzene rings is 1. The summed E-state index contributed by atoms with van der Waals surface area (Å²) in [6.07, 6.45) is 2.56. The first-order valence-electron chi connectivity index (χ1n) is 6.25. The average Bonchev–Trinajstić information content (AvgIpc) is 2.32. The number of anilines is 1. The van der Waals surface area contributed by atoms with Crippen LogP contribution in [-0.2, 0) is 5.88 Å². The predicted molar refractivity (Wildman–Crippen MR) is 76.2 cm³/mol. The van der Waals surface area contributed by atoms with Crippen LogP contribution in [-0.4, -0.2) is 12.6 Å². The second-order valence-electron chi connectivity index (χ2n) is 4.92. The van der Waals surface area contributed by atoms with Crippen molar-refractivity contribution >= 4 is 28.9 Å². The molecule has 0 radical (unpaired) electrons. The minimum atomic E-state index is 0.479. The van der Waals surface area contributed by atoms with Gasteiger partial charge in [-0.25, -0.2) is 0 Å². The molecule has 3 heteroatoms. The molecule has 0 bridgehead atoms. The van der Waals surface area contributed by atoms with Crippen molar-refractivity contribution in [2.75, 3.05) is 11.4 Å². The van der Waals surface area contributed by atoms with Crippen LogP contribution in [0.15, 0.2) is 18.2 Å². The van der Waals surface area contributed by atoms with Gasteiger partial charge in [-0.15, -0.1) is 11.6 Å². The van der Waals surface area contributed by atoms with E-state index >= 15 is 0 Å². The molecule has 2 unspecified atom stereocenters. The largest absolute Gasteiger partial charge is 0.368 e. The summed E-state index contributed by atoms with van der Waals surface area (Å²) in [6, 6.07) is 6.63. The second kappa shape index (κ2) is 5.49. The fourth-order valence-electron chi connectivity index (χ4n) is 2.62. The highest BCUT2D eigenvalue weighted by Crippen LogP contribution is 2.34. The maximum atomic E-state index is 6.22. The average molecular weight is 272 g/mol.